The van der Waals surface area contributed by atoms with Crippen molar-refractivity contribution in [2.45, 2.75) is 76.5 Å². The van der Waals surface area contributed by atoms with E-state index in [2.05, 4.69) is 102 Å². The van der Waals surface area contributed by atoms with E-state index in [1.807, 2.05) is 48.8 Å². The van der Waals surface area contributed by atoms with E-state index in [1.165, 1.54) is 22.3 Å². The van der Waals surface area contributed by atoms with Gasteiger partial charge in [-0.05, 0) is 96.7 Å². The minimum atomic E-state index is -0.202. The van der Waals surface area contributed by atoms with Crippen LogP contribution in [0.2, 0.25) is 20.1 Å². The van der Waals surface area contributed by atoms with Crippen LogP contribution in [0.1, 0.15) is 83.7 Å². The van der Waals surface area contributed by atoms with Gasteiger partial charge in [-0.1, -0.05) is 119 Å². The molecule has 4 aromatic carbocycles. The lowest BCUT2D eigenvalue weighted by atomic mass is 9.84. The molecule has 466 valence electrons. The maximum atomic E-state index is 12.1. The molecule has 2 aromatic heterocycles. The van der Waals surface area contributed by atoms with Crippen molar-refractivity contribution in [2.75, 3.05) is 133 Å². The Labute approximate surface area is 525 Å². The minimum Gasteiger partial charge on any atom is -0.377 e. The Hall–Kier alpha value is -5.46. The first-order valence-electron chi connectivity index (χ1n) is 29.8. The monoisotopic (exact) mass is 1260 g/mol. The van der Waals surface area contributed by atoms with Gasteiger partial charge in [0.1, 0.15) is 11.4 Å². The third-order valence-corrected chi connectivity index (χ3v) is 16.0. The third-order valence-electron chi connectivity index (χ3n) is 14.9. The van der Waals surface area contributed by atoms with Crippen molar-refractivity contribution in [3.05, 3.63) is 139 Å². The highest BCUT2D eigenvalue weighted by atomic mass is 35.5. The zero-order valence-corrected chi connectivity index (χ0v) is 52.4. The second kappa shape index (κ2) is 36.1. The molecule has 0 saturated carbocycles. The second-order valence-electron chi connectivity index (χ2n) is 21.6. The molecule has 2 atom stereocenters. The largest absolute Gasteiger partial charge is 0.377 e. The molecular formula is C62H82Cl4N12O8. The smallest absolute Gasteiger partial charge is 0.314 e. The molecule has 0 radical (unpaired) electrons. The summed E-state index contributed by atoms with van der Waals surface area (Å²) in [6, 6.07) is 24.1. The fourth-order valence-electron chi connectivity index (χ4n) is 10.5. The van der Waals surface area contributed by atoms with Crippen LogP contribution in [-0.2, 0) is 54.6 Å². The van der Waals surface area contributed by atoms with Crippen molar-refractivity contribution < 1.29 is 38.0 Å². The number of fused-ring (bicyclic) bond motifs is 2. The van der Waals surface area contributed by atoms with Crippen LogP contribution in [-0.4, -0.2) is 184 Å². The summed E-state index contributed by atoms with van der Waals surface area (Å²) in [5.41, 5.74) is 10.5. The van der Waals surface area contributed by atoms with E-state index in [4.69, 9.17) is 74.8 Å². The number of unbranched alkanes of at least 4 members (excludes halogenated alkanes) is 5. The van der Waals surface area contributed by atoms with Crippen molar-refractivity contribution >= 4 is 58.5 Å². The number of amides is 4. The van der Waals surface area contributed by atoms with E-state index >= 15 is 0 Å². The average molecular weight is 1270 g/mol. The van der Waals surface area contributed by atoms with E-state index in [0.717, 1.165) is 98.3 Å². The van der Waals surface area contributed by atoms with E-state index in [-0.39, 0.29) is 23.9 Å². The van der Waals surface area contributed by atoms with Crippen molar-refractivity contribution in [2.24, 2.45) is 0 Å². The van der Waals surface area contributed by atoms with E-state index in [9.17, 15) is 9.59 Å². The summed E-state index contributed by atoms with van der Waals surface area (Å²) >= 11 is 26.0. The Bertz CT molecular complexity index is 2850. The highest BCUT2D eigenvalue weighted by Gasteiger charge is 2.29. The number of rotatable bonds is 37. The minimum absolute atomic E-state index is 0.138. The summed E-state index contributed by atoms with van der Waals surface area (Å²) in [6.07, 6.45) is 9.87. The van der Waals surface area contributed by atoms with Gasteiger partial charge in [0.05, 0.1) is 105 Å². The Morgan fingerprint density at radius 3 is 1.27 bits per heavy atom. The van der Waals surface area contributed by atoms with Crippen LogP contribution in [0.15, 0.2) is 85.2 Å². The predicted molar refractivity (Wildman–Crippen MR) is 336 cm³/mol. The van der Waals surface area contributed by atoms with Crippen LogP contribution in [0, 0.1) is 0 Å². The molecule has 4 N–H and O–H groups in total. The molecule has 0 aliphatic carbocycles. The second-order valence-corrected chi connectivity index (χ2v) is 23.2. The zero-order chi connectivity index (χ0) is 60.3. The number of ether oxygens (including phenoxy) is 6. The first kappa shape index (κ1) is 66.5. The Kier molecular flexibility index (Phi) is 27.9. The molecular weight excluding hydrogens is 1180 g/mol. The van der Waals surface area contributed by atoms with Gasteiger partial charge in [0.2, 0.25) is 0 Å². The number of carbonyl (C=O) groups is 2. The molecule has 2 aliphatic rings. The Morgan fingerprint density at radius 1 is 0.477 bits per heavy atom. The quantitative estimate of drug-likeness (QED) is 0.0268. The molecule has 0 unspecified atom stereocenters. The average Bonchev–Trinajstić information content (AvgIpc) is 1.26. The number of benzene rings is 4. The van der Waals surface area contributed by atoms with Crippen LogP contribution in [0.25, 0.3) is 22.5 Å². The van der Waals surface area contributed by atoms with Crippen molar-refractivity contribution in [3.8, 4) is 22.5 Å². The maximum Gasteiger partial charge on any atom is 0.314 e. The molecule has 0 fully saturated rings. The lowest BCUT2D eigenvalue weighted by molar-refractivity contribution is 0.0135. The molecule has 0 spiro atoms. The Balaban J connectivity index is 0.530. The number of aromatic nitrogens is 6. The normalized spacial score (nSPS) is 15.1. The number of nitrogens with zero attached hydrogens (tertiary/aromatic N) is 8. The van der Waals surface area contributed by atoms with Gasteiger partial charge in [-0.25, -0.2) is 19.0 Å². The molecule has 24 heteroatoms. The van der Waals surface area contributed by atoms with Gasteiger partial charge < -0.3 is 59.5 Å². The van der Waals surface area contributed by atoms with Crippen LogP contribution in [0.5, 0.6) is 0 Å². The van der Waals surface area contributed by atoms with E-state index in [1.54, 1.807) is 9.36 Å². The summed E-state index contributed by atoms with van der Waals surface area (Å²) in [7, 11) is 4.21. The van der Waals surface area contributed by atoms with Crippen molar-refractivity contribution in [1.29, 1.82) is 0 Å². The highest BCUT2D eigenvalue weighted by Crippen LogP contribution is 2.41. The van der Waals surface area contributed by atoms with Crippen LogP contribution >= 0.6 is 46.4 Å². The Morgan fingerprint density at radius 2 is 0.849 bits per heavy atom. The van der Waals surface area contributed by atoms with Crippen molar-refractivity contribution in [1.82, 2.24) is 61.1 Å². The molecule has 4 amide bonds. The fourth-order valence-corrected chi connectivity index (χ4v) is 11.7. The molecule has 8 rings (SSSR count). The number of likely N-dealkylation sites (N-methyl/N-ethyl adjacent to an activating group) is 2. The van der Waals surface area contributed by atoms with Gasteiger partial charge in [-0.3, -0.25) is 0 Å². The van der Waals surface area contributed by atoms with Gasteiger partial charge in [-0.2, -0.15) is 0 Å². The first-order chi connectivity index (χ1) is 42.0. The highest BCUT2D eigenvalue weighted by molar-refractivity contribution is 6.35. The first-order valence-corrected chi connectivity index (χ1v) is 31.3. The molecule has 2 aliphatic heterocycles. The van der Waals surface area contributed by atoms with Gasteiger partial charge >= 0.3 is 12.1 Å². The summed E-state index contributed by atoms with van der Waals surface area (Å²) in [5, 5.41) is 31.6. The lowest BCUT2D eigenvalue weighted by Crippen LogP contribution is -2.37. The van der Waals surface area contributed by atoms with Gasteiger partial charge in [0.15, 0.2) is 0 Å². The number of halogens is 4. The topological polar surface area (TPSA) is 206 Å². The van der Waals surface area contributed by atoms with E-state index < -0.39 is 0 Å². The number of hydrogen-bond acceptors (Lipinski definition) is 14. The summed E-state index contributed by atoms with van der Waals surface area (Å²) in [5.74, 6) is 0.277. The molecule has 0 bridgehead atoms. The summed E-state index contributed by atoms with van der Waals surface area (Å²) < 4.78 is 37.5. The van der Waals surface area contributed by atoms with Gasteiger partial charge in [0.25, 0.3) is 0 Å². The number of carbonyl (C=O) groups excluding carboxylic acids is 2. The molecule has 0 saturated heterocycles. The van der Waals surface area contributed by atoms with Gasteiger partial charge in [-0.15, -0.1) is 10.2 Å². The molecule has 4 heterocycles. The summed E-state index contributed by atoms with van der Waals surface area (Å²) in [6.45, 7) is 11.7. The fraction of sp³-hybridized carbons (Fsp3) is 0.516. The van der Waals surface area contributed by atoms with Crippen LogP contribution in [0.3, 0.4) is 0 Å². The van der Waals surface area contributed by atoms with Gasteiger partial charge in [0, 0.05) is 95.4 Å². The van der Waals surface area contributed by atoms with Crippen molar-refractivity contribution in [3.63, 3.8) is 0 Å². The maximum absolute atomic E-state index is 12.1. The lowest BCUT2D eigenvalue weighted by Gasteiger charge is -2.33. The third kappa shape index (κ3) is 21.7. The predicted octanol–water partition coefficient (Wildman–Crippen LogP) is 9.71. The van der Waals surface area contributed by atoms with E-state index in [0.29, 0.717) is 139 Å². The number of nitrogens with one attached hydrogen (secondary N) is 4. The molecule has 86 heavy (non-hydrogen) atoms. The summed E-state index contributed by atoms with van der Waals surface area (Å²) in [4.78, 5) is 28.9. The van der Waals surface area contributed by atoms with Crippen LogP contribution < -0.4 is 21.3 Å². The number of hydrogen-bond donors (Lipinski definition) is 4. The number of urea groups is 2. The molecule has 6 aromatic rings. The standard InChI is InChI=1S/C62H82Cl4N12O8/c1-75-39-53(51-35-49(63)37-57(65)55(51)41-75)45-11-9-13-47(33-45)59-43-77(73-71-59)19-23-83-27-31-85-29-25-81-21-17-69-61(79)67-15-7-5-3-4-6-8-16-68-62(80)70-18-22-82-26-30-86-32-28-84-24-20-78-44-60(72-74-78)48-14-10-12-46(34-48)54-40-76(2)42-56-52(54)36-50(64)38-58(56)66/h9-14,33-38,43-44,53-54H,3-8,15-32,39-42H2,1-2H3,(H2,67,69,79)(H2,68,70,80)/t53-,54-/m0/s1. The molecule has 20 nitrogen and oxygen atoms in total. The zero-order valence-electron chi connectivity index (χ0n) is 49.4. The SMILES string of the molecule is CN1Cc2c(Cl)cc(Cl)cc2[C@H](c2cccc(-c3cn(CCOCCOCCOCCNC(=O)NCCCCCCCCNC(=O)NCCOCCOCCOCCn4cc(-c5cccc([C@@H]6CN(C)Cc7c(Cl)cc(Cl)cc76)c5)nn4)nn3)c2)C1. The van der Waals surface area contributed by atoms with Crippen LogP contribution in [0.4, 0.5) is 9.59 Å².